The average molecular weight is 525 g/mol. The minimum absolute atomic E-state index is 0.0384. The quantitative estimate of drug-likeness (QED) is 0.195. The summed E-state index contributed by atoms with van der Waals surface area (Å²) in [5.41, 5.74) is 3.00. The van der Waals surface area contributed by atoms with Crippen LogP contribution in [0.1, 0.15) is 28.0 Å². The summed E-state index contributed by atoms with van der Waals surface area (Å²) in [5, 5.41) is 0.873. The molecule has 1 aliphatic heterocycles. The third kappa shape index (κ3) is 5.31. The topological polar surface area (TPSA) is 94.9 Å². The van der Waals surface area contributed by atoms with Gasteiger partial charge in [0.25, 0.3) is 0 Å². The molecule has 4 aromatic rings. The molecule has 0 aliphatic carbocycles. The zero-order chi connectivity index (χ0) is 27.4. The van der Waals surface area contributed by atoms with Gasteiger partial charge < -0.3 is 14.0 Å². The number of benzene rings is 3. The van der Waals surface area contributed by atoms with Gasteiger partial charge in [-0.25, -0.2) is 9.69 Å². The standard InChI is InChI=1S/C31H28N2O6/c1-38-31(37)32-17-16-24(27(29(32)35)30(36)39-20-22-12-6-3-7-13-22)28(34)26-18-23-14-8-9-15-25(23)33(26)19-21-10-4-2-5-11-21/h2-15,18,24,27H,16-17,19-20H2,1H3/t24-,27+/m1/s1. The van der Waals surface area contributed by atoms with Crippen molar-refractivity contribution in [3.63, 3.8) is 0 Å². The van der Waals surface area contributed by atoms with E-state index in [1.165, 1.54) is 0 Å². The average Bonchev–Trinajstić information content (AvgIpc) is 3.34. The van der Waals surface area contributed by atoms with Gasteiger partial charge >= 0.3 is 12.1 Å². The molecule has 0 N–H and O–H groups in total. The lowest BCUT2D eigenvalue weighted by Crippen LogP contribution is -2.53. The zero-order valence-electron chi connectivity index (χ0n) is 21.5. The van der Waals surface area contributed by atoms with Gasteiger partial charge in [-0.2, -0.15) is 0 Å². The highest BCUT2D eigenvalue weighted by Crippen LogP contribution is 2.32. The van der Waals surface area contributed by atoms with E-state index >= 15 is 0 Å². The lowest BCUT2D eigenvalue weighted by Gasteiger charge is -2.34. The summed E-state index contributed by atoms with van der Waals surface area (Å²) in [6.07, 6.45) is -0.762. The molecule has 2 atom stereocenters. The number of ether oxygens (including phenoxy) is 2. The molecule has 8 nitrogen and oxygen atoms in total. The molecule has 0 saturated carbocycles. The molecule has 0 unspecified atom stereocenters. The van der Waals surface area contributed by atoms with Gasteiger partial charge in [0.1, 0.15) is 12.5 Å². The number of piperidine rings is 1. The Labute approximate surface area is 225 Å². The van der Waals surface area contributed by atoms with Crippen LogP contribution in [-0.2, 0) is 32.2 Å². The Morgan fingerprint density at radius 2 is 1.51 bits per heavy atom. The van der Waals surface area contributed by atoms with Crippen LogP contribution in [0.15, 0.2) is 91.0 Å². The summed E-state index contributed by atoms with van der Waals surface area (Å²) in [5.74, 6) is -4.46. The molecule has 2 amide bonds. The number of likely N-dealkylation sites (tertiary alicyclic amines) is 1. The lowest BCUT2D eigenvalue weighted by molar-refractivity contribution is -0.160. The van der Waals surface area contributed by atoms with Gasteiger partial charge in [0.05, 0.1) is 12.8 Å². The van der Waals surface area contributed by atoms with Crippen LogP contribution in [0.3, 0.4) is 0 Å². The molecule has 5 rings (SSSR count). The van der Waals surface area contributed by atoms with E-state index in [-0.39, 0.29) is 25.4 Å². The largest absolute Gasteiger partial charge is 0.460 e. The lowest BCUT2D eigenvalue weighted by atomic mass is 9.80. The third-order valence-corrected chi connectivity index (χ3v) is 7.05. The molecule has 1 aliphatic rings. The summed E-state index contributed by atoms with van der Waals surface area (Å²) < 4.78 is 12.2. The number of amides is 2. The Kier molecular flexibility index (Phi) is 7.54. The van der Waals surface area contributed by atoms with Gasteiger partial charge in [-0.15, -0.1) is 0 Å². The molecule has 1 fully saturated rings. The highest BCUT2D eigenvalue weighted by Gasteiger charge is 2.48. The van der Waals surface area contributed by atoms with Crippen LogP contribution in [-0.4, -0.2) is 46.9 Å². The normalized spacial score (nSPS) is 17.2. The first kappa shape index (κ1) is 25.9. The molecule has 1 aromatic heterocycles. The van der Waals surface area contributed by atoms with Crippen molar-refractivity contribution < 1.29 is 28.7 Å². The van der Waals surface area contributed by atoms with Crippen molar-refractivity contribution >= 4 is 34.7 Å². The molecule has 8 heteroatoms. The van der Waals surface area contributed by atoms with E-state index in [1.54, 1.807) is 18.2 Å². The van der Waals surface area contributed by atoms with Gasteiger partial charge in [-0.3, -0.25) is 14.4 Å². The van der Waals surface area contributed by atoms with Gasteiger partial charge in [0, 0.05) is 29.9 Å². The fourth-order valence-electron chi connectivity index (χ4n) is 5.08. The number of hydrogen-bond acceptors (Lipinski definition) is 6. The molecular weight excluding hydrogens is 496 g/mol. The number of methoxy groups -OCH3 is 1. The van der Waals surface area contributed by atoms with Crippen LogP contribution in [0.4, 0.5) is 4.79 Å². The fourth-order valence-corrected chi connectivity index (χ4v) is 5.08. The second kappa shape index (κ2) is 11.3. The van der Waals surface area contributed by atoms with Gasteiger partial charge in [-0.1, -0.05) is 78.9 Å². The Hall–Kier alpha value is -4.72. The molecular formula is C31H28N2O6. The first-order valence-electron chi connectivity index (χ1n) is 12.7. The molecule has 2 heterocycles. The first-order valence-corrected chi connectivity index (χ1v) is 12.7. The van der Waals surface area contributed by atoms with Gasteiger partial charge in [0.15, 0.2) is 5.78 Å². The van der Waals surface area contributed by atoms with E-state index in [4.69, 9.17) is 9.47 Å². The highest BCUT2D eigenvalue weighted by molar-refractivity contribution is 6.11. The van der Waals surface area contributed by atoms with E-state index in [9.17, 15) is 19.2 Å². The number of nitrogens with zero attached hydrogens (tertiary/aromatic N) is 2. The molecule has 39 heavy (non-hydrogen) atoms. The number of rotatable bonds is 7. The number of Topliss-reactive ketones (excluding diaryl/α,β-unsaturated/α-hetero) is 1. The summed E-state index contributed by atoms with van der Waals surface area (Å²) in [4.78, 5) is 54.1. The molecule has 198 valence electrons. The number of hydrogen-bond donors (Lipinski definition) is 0. The zero-order valence-corrected chi connectivity index (χ0v) is 21.5. The summed E-state index contributed by atoms with van der Waals surface area (Å²) in [7, 11) is 1.16. The van der Waals surface area contributed by atoms with Gasteiger partial charge in [0.2, 0.25) is 5.91 Å². The van der Waals surface area contributed by atoms with Crippen LogP contribution in [0, 0.1) is 11.8 Å². The van der Waals surface area contributed by atoms with Crippen molar-refractivity contribution in [2.45, 2.75) is 19.6 Å². The van der Waals surface area contributed by atoms with Gasteiger partial charge in [-0.05, 0) is 29.7 Å². The number of carbonyl (C=O) groups excluding carboxylic acids is 4. The maximum absolute atomic E-state index is 14.1. The maximum Gasteiger partial charge on any atom is 0.416 e. The number of fused-ring (bicyclic) bond motifs is 1. The van der Waals surface area contributed by atoms with Crippen molar-refractivity contribution in [3.05, 3.63) is 108 Å². The first-order chi connectivity index (χ1) is 19.0. The summed E-state index contributed by atoms with van der Waals surface area (Å²) in [6, 6.07) is 28.2. The van der Waals surface area contributed by atoms with E-state index in [0.717, 1.165) is 34.0 Å². The number of esters is 1. The molecule has 0 radical (unpaired) electrons. The highest BCUT2D eigenvalue weighted by atomic mass is 16.5. The molecule has 0 bridgehead atoms. The van der Waals surface area contributed by atoms with E-state index < -0.39 is 29.8 Å². The summed E-state index contributed by atoms with van der Waals surface area (Å²) in [6.45, 7) is 0.341. The van der Waals surface area contributed by atoms with Crippen molar-refractivity contribution in [2.24, 2.45) is 11.8 Å². The van der Waals surface area contributed by atoms with Crippen LogP contribution < -0.4 is 0 Å². The monoisotopic (exact) mass is 524 g/mol. The second-order valence-corrected chi connectivity index (χ2v) is 9.45. The third-order valence-electron chi connectivity index (χ3n) is 7.05. The number of aromatic nitrogens is 1. The fraction of sp³-hybridized carbons (Fsp3) is 0.226. The minimum atomic E-state index is -1.47. The van der Waals surface area contributed by atoms with Crippen molar-refractivity contribution in [1.29, 1.82) is 0 Å². The minimum Gasteiger partial charge on any atom is -0.460 e. The number of ketones is 1. The van der Waals surface area contributed by atoms with Crippen LogP contribution in [0.25, 0.3) is 10.9 Å². The molecule has 1 saturated heterocycles. The Balaban J connectivity index is 1.50. The van der Waals surface area contributed by atoms with Crippen molar-refractivity contribution in [2.75, 3.05) is 13.7 Å². The Bertz CT molecular complexity index is 1510. The Morgan fingerprint density at radius 3 is 2.21 bits per heavy atom. The predicted molar refractivity (Wildman–Crippen MR) is 144 cm³/mol. The molecule has 3 aromatic carbocycles. The van der Waals surface area contributed by atoms with E-state index in [0.29, 0.717) is 12.2 Å². The van der Waals surface area contributed by atoms with Crippen LogP contribution >= 0.6 is 0 Å². The van der Waals surface area contributed by atoms with E-state index in [1.807, 2.05) is 77.4 Å². The summed E-state index contributed by atoms with van der Waals surface area (Å²) >= 11 is 0. The predicted octanol–water partition coefficient (Wildman–Crippen LogP) is 4.85. The molecule has 0 spiro atoms. The number of para-hydroxylation sites is 1. The van der Waals surface area contributed by atoms with Crippen LogP contribution in [0.2, 0.25) is 0 Å². The smallest absolute Gasteiger partial charge is 0.416 e. The second-order valence-electron chi connectivity index (χ2n) is 9.45. The van der Waals surface area contributed by atoms with Crippen LogP contribution in [0.5, 0.6) is 0 Å². The maximum atomic E-state index is 14.1. The van der Waals surface area contributed by atoms with Crippen molar-refractivity contribution in [1.82, 2.24) is 9.47 Å². The SMILES string of the molecule is COC(=O)N1CC[C@@H](C(=O)c2cc3ccccc3n2Cc2ccccc2)[C@H](C(=O)OCc2ccccc2)C1=O. The number of imide groups is 1. The van der Waals surface area contributed by atoms with Crippen molar-refractivity contribution in [3.8, 4) is 0 Å². The van der Waals surface area contributed by atoms with E-state index in [2.05, 4.69) is 0 Å². The number of carbonyl (C=O) groups is 4. The Morgan fingerprint density at radius 1 is 0.872 bits per heavy atom.